The van der Waals surface area contributed by atoms with Crippen molar-refractivity contribution in [2.24, 2.45) is 0 Å². The molecule has 0 aromatic heterocycles. The molecule has 0 radical (unpaired) electrons. The molecule has 0 aliphatic carbocycles. The maximum Gasteiger partial charge on any atom is 0.325 e. The van der Waals surface area contributed by atoms with Crippen LogP contribution in [-0.4, -0.2) is 44.8 Å². The van der Waals surface area contributed by atoms with Crippen LogP contribution in [0.1, 0.15) is 44.9 Å². The number of carboxylic acid groups (broad SMARTS) is 1. The molecule has 1 unspecified atom stereocenters. The van der Waals surface area contributed by atoms with E-state index in [9.17, 15) is 4.79 Å². The fourth-order valence-electron chi connectivity index (χ4n) is 1.63. The molecule has 102 valence electrons. The Labute approximate surface area is 107 Å². The quantitative estimate of drug-likeness (QED) is 0.393. The van der Waals surface area contributed by atoms with Gasteiger partial charge in [-0.1, -0.05) is 37.3 Å². The second-order valence-electron chi connectivity index (χ2n) is 4.08. The van der Waals surface area contributed by atoms with Crippen LogP contribution in [0.15, 0.2) is 0 Å². The number of carboxylic acids is 1. The van der Waals surface area contributed by atoms with Gasteiger partial charge in [-0.25, -0.2) is 0 Å². The molecule has 0 saturated carbocycles. The molecule has 17 heavy (non-hydrogen) atoms. The lowest BCUT2D eigenvalue weighted by atomic mass is 10.1. The van der Waals surface area contributed by atoms with Crippen molar-refractivity contribution < 1.29 is 20.3 Å². The second-order valence-corrected chi connectivity index (χ2v) is 5.06. The van der Waals surface area contributed by atoms with Crippen molar-refractivity contribution in [1.82, 2.24) is 5.23 Å². The average molecular weight is 265 g/mol. The van der Waals surface area contributed by atoms with Gasteiger partial charge in [0.1, 0.15) is 0 Å². The summed E-state index contributed by atoms with van der Waals surface area (Å²) in [6.07, 6.45) is 8.72. The van der Waals surface area contributed by atoms with E-state index in [0.29, 0.717) is 6.42 Å². The Balaban J connectivity index is 3.40. The van der Waals surface area contributed by atoms with Gasteiger partial charge in [-0.2, -0.15) is 11.8 Å². The standard InChI is InChI=1S/C11H23NO4S/c1-17-9-7-5-3-2-4-6-8-10(11(13)14)12(15)16/h10,15-16H,2-9H2,1H3,(H,13,14). The number of carbonyl (C=O) groups is 1. The number of hydrogen-bond acceptors (Lipinski definition) is 5. The van der Waals surface area contributed by atoms with Crippen molar-refractivity contribution >= 4 is 17.7 Å². The lowest BCUT2D eigenvalue weighted by Gasteiger charge is -2.15. The minimum Gasteiger partial charge on any atom is -0.480 e. The molecule has 0 fully saturated rings. The monoisotopic (exact) mass is 265 g/mol. The van der Waals surface area contributed by atoms with Gasteiger partial charge in [-0.15, -0.1) is 0 Å². The van der Waals surface area contributed by atoms with E-state index in [1.165, 1.54) is 25.0 Å². The van der Waals surface area contributed by atoms with Gasteiger partial charge in [-0.3, -0.25) is 15.2 Å². The number of rotatable bonds is 11. The predicted octanol–water partition coefficient (Wildman–Crippen LogP) is 2.61. The van der Waals surface area contributed by atoms with E-state index in [1.807, 2.05) is 11.8 Å². The molecular formula is C11H23NO4S. The third-order valence-corrected chi connectivity index (χ3v) is 3.34. The van der Waals surface area contributed by atoms with Gasteiger partial charge >= 0.3 is 5.97 Å². The van der Waals surface area contributed by atoms with E-state index in [-0.39, 0.29) is 11.6 Å². The van der Waals surface area contributed by atoms with Crippen LogP contribution >= 0.6 is 11.8 Å². The average Bonchev–Trinajstić information content (AvgIpc) is 2.26. The Bertz CT molecular complexity index is 202. The first kappa shape index (κ1) is 16.7. The van der Waals surface area contributed by atoms with Crippen LogP contribution in [-0.2, 0) is 4.79 Å². The molecular weight excluding hydrogens is 242 g/mol. The van der Waals surface area contributed by atoms with Crippen LogP contribution in [0.2, 0.25) is 0 Å². The SMILES string of the molecule is CSCCCCCCCCC(C(=O)O)N(O)O. The molecule has 5 nitrogen and oxygen atoms in total. The summed E-state index contributed by atoms with van der Waals surface area (Å²) in [4.78, 5) is 10.6. The summed E-state index contributed by atoms with van der Waals surface area (Å²) < 4.78 is 0. The van der Waals surface area contributed by atoms with Crippen LogP contribution in [0, 0.1) is 0 Å². The fraction of sp³-hybridized carbons (Fsp3) is 0.909. The summed E-state index contributed by atoms with van der Waals surface area (Å²) >= 11 is 1.85. The summed E-state index contributed by atoms with van der Waals surface area (Å²) in [5.74, 6) is 0.000376. The van der Waals surface area contributed by atoms with E-state index in [0.717, 1.165) is 12.8 Å². The number of nitrogens with zero attached hydrogens (tertiary/aromatic N) is 1. The van der Waals surface area contributed by atoms with E-state index in [2.05, 4.69) is 6.26 Å². The highest BCUT2D eigenvalue weighted by Crippen LogP contribution is 2.11. The van der Waals surface area contributed by atoms with Crippen molar-refractivity contribution in [2.45, 2.75) is 51.0 Å². The molecule has 0 bridgehead atoms. The van der Waals surface area contributed by atoms with Gasteiger partial charge in [-0.05, 0) is 24.9 Å². The van der Waals surface area contributed by atoms with Crippen molar-refractivity contribution in [3.05, 3.63) is 0 Å². The third-order valence-electron chi connectivity index (χ3n) is 2.64. The number of hydrogen-bond donors (Lipinski definition) is 3. The first-order valence-electron chi connectivity index (χ1n) is 5.98. The molecule has 0 aliphatic rings. The van der Waals surface area contributed by atoms with E-state index < -0.39 is 12.0 Å². The second kappa shape index (κ2) is 10.8. The number of aliphatic carboxylic acids is 1. The van der Waals surface area contributed by atoms with E-state index >= 15 is 0 Å². The normalized spacial score (nSPS) is 12.9. The molecule has 0 heterocycles. The molecule has 6 heteroatoms. The Morgan fingerprint density at radius 2 is 1.65 bits per heavy atom. The Hall–Kier alpha value is -0.300. The summed E-state index contributed by atoms with van der Waals surface area (Å²) in [6, 6.07) is -1.20. The van der Waals surface area contributed by atoms with E-state index in [4.69, 9.17) is 15.5 Å². The van der Waals surface area contributed by atoms with Crippen molar-refractivity contribution in [1.29, 1.82) is 0 Å². The van der Waals surface area contributed by atoms with Gasteiger partial charge in [0.2, 0.25) is 0 Å². The predicted molar refractivity (Wildman–Crippen MR) is 67.5 cm³/mol. The minimum absolute atomic E-state index is 0.208. The maximum atomic E-state index is 10.6. The third kappa shape index (κ3) is 9.41. The molecule has 0 amide bonds. The molecule has 0 aliphatic heterocycles. The molecule has 3 N–H and O–H groups in total. The number of thioether (sulfide) groups is 1. The number of hydroxylamine groups is 2. The van der Waals surface area contributed by atoms with E-state index in [1.54, 1.807) is 0 Å². The Morgan fingerprint density at radius 3 is 2.12 bits per heavy atom. The van der Waals surface area contributed by atoms with Gasteiger partial charge in [0.15, 0.2) is 6.04 Å². The highest BCUT2D eigenvalue weighted by Gasteiger charge is 2.22. The van der Waals surface area contributed by atoms with Crippen LogP contribution in [0.3, 0.4) is 0 Å². The van der Waals surface area contributed by atoms with Crippen LogP contribution < -0.4 is 0 Å². The lowest BCUT2D eigenvalue weighted by Crippen LogP contribution is -2.36. The van der Waals surface area contributed by atoms with Crippen LogP contribution in [0.25, 0.3) is 0 Å². The zero-order valence-corrected chi connectivity index (χ0v) is 11.2. The summed E-state index contributed by atoms with van der Waals surface area (Å²) in [7, 11) is 0. The van der Waals surface area contributed by atoms with Crippen molar-refractivity contribution in [3.8, 4) is 0 Å². The van der Waals surface area contributed by atoms with Crippen LogP contribution in [0.5, 0.6) is 0 Å². The zero-order valence-electron chi connectivity index (χ0n) is 10.3. The molecule has 0 saturated heterocycles. The largest absolute Gasteiger partial charge is 0.480 e. The summed E-state index contributed by atoms with van der Waals surface area (Å²) in [5.41, 5.74) is 0. The Kier molecular flexibility index (Phi) is 10.6. The first-order chi connectivity index (χ1) is 8.09. The summed E-state index contributed by atoms with van der Waals surface area (Å²) in [6.45, 7) is 0. The maximum absolute atomic E-state index is 10.6. The van der Waals surface area contributed by atoms with Crippen molar-refractivity contribution in [3.63, 3.8) is 0 Å². The zero-order chi connectivity index (χ0) is 13.1. The topological polar surface area (TPSA) is 81.0 Å². The highest BCUT2D eigenvalue weighted by molar-refractivity contribution is 7.98. The van der Waals surface area contributed by atoms with Gasteiger partial charge in [0.25, 0.3) is 0 Å². The van der Waals surface area contributed by atoms with Gasteiger partial charge in [0.05, 0.1) is 0 Å². The highest BCUT2D eigenvalue weighted by atomic mass is 32.2. The Morgan fingerprint density at radius 1 is 1.12 bits per heavy atom. The molecule has 1 atom stereocenters. The lowest BCUT2D eigenvalue weighted by molar-refractivity contribution is -0.328. The van der Waals surface area contributed by atoms with Gasteiger partial charge in [0, 0.05) is 0 Å². The smallest absolute Gasteiger partial charge is 0.325 e. The summed E-state index contributed by atoms with van der Waals surface area (Å²) in [5, 5.41) is 25.8. The van der Waals surface area contributed by atoms with Gasteiger partial charge < -0.3 is 5.11 Å². The van der Waals surface area contributed by atoms with Crippen LogP contribution in [0.4, 0.5) is 0 Å². The minimum atomic E-state index is -1.20. The molecule has 0 spiro atoms. The van der Waals surface area contributed by atoms with Crippen molar-refractivity contribution in [2.75, 3.05) is 12.0 Å². The number of unbranched alkanes of at least 4 members (excludes halogenated alkanes) is 5. The first-order valence-corrected chi connectivity index (χ1v) is 7.37. The molecule has 0 aromatic rings. The molecule has 0 rings (SSSR count). The fourth-order valence-corrected chi connectivity index (χ4v) is 2.12. The molecule has 0 aromatic carbocycles.